The quantitative estimate of drug-likeness (QED) is 0.217. The predicted molar refractivity (Wildman–Crippen MR) is 150 cm³/mol. The van der Waals surface area contributed by atoms with Gasteiger partial charge in [-0.2, -0.15) is 0 Å². The molecule has 0 saturated carbocycles. The summed E-state index contributed by atoms with van der Waals surface area (Å²) < 4.78 is 0. The Hall–Kier alpha value is -1.20. The Kier molecular flexibility index (Phi) is 11.1. The van der Waals surface area contributed by atoms with Crippen molar-refractivity contribution in [1.29, 1.82) is 0 Å². The molecule has 0 radical (unpaired) electrons. The van der Waals surface area contributed by atoms with Crippen molar-refractivity contribution in [2.24, 2.45) is 9.98 Å². The van der Waals surface area contributed by atoms with Crippen molar-refractivity contribution in [1.82, 2.24) is 4.98 Å². The summed E-state index contributed by atoms with van der Waals surface area (Å²) in [5.74, 6) is 0. The van der Waals surface area contributed by atoms with Crippen molar-refractivity contribution in [3.05, 3.63) is 56.2 Å². The molecule has 0 spiro atoms. The fourth-order valence-electron chi connectivity index (χ4n) is 5.20. The number of halogens is 1. The van der Waals surface area contributed by atoms with Crippen molar-refractivity contribution in [3.63, 3.8) is 0 Å². The van der Waals surface area contributed by atoms with Crippen LogP contribution in [0, 0.1) is 0 Å². The Morgan fingerprint density at radius 1 is 0.606 bits per heavy atom. The monoisotopic (exact) mass is 601 g/mol. The summed E-state index contributed by atoms with van der Waals surface area (Å²) in [6.45, 7) is 17.6. The van der Waals surface area contributed by atoms with Gasteiger partial charge in [-0.1, -0.05) is 64.8 Å². The molecule has 0 atom stereocenters. The molecule has 2 aliphatic rings. The molecule has 183 valence electrons. The van der Waals surface area contributed by atoms with Gasteiger partial charge < -0.3 is 4.98 Å². The summed E-state index contributed by atoms with van der Waals surface area (Å²) in [5.41, 5.74) is 14.9. The second-order valence-corrected chi connectivity index (χ2v) is 8.33. The average Bonchev–Trinajstić information content (AvgIpc) is 3.43. The average molecular weight is 602 g/mol. The topological polar surface area (TPSA) is 38.8 Å². The van der Waals surface area contributed by atoms with E-state index < -0.39 is 0 Å². The van der Waals surface area contributed by atoms with E-state index in [2.05, 4.69) is 79.8 Å². The summed E-state index contributed by atoms with van der Waals surface area (Å²) in [6, 6.07) is 0. The first-order chi connectivity index (χ1) is 15.9. The summed E-state index contributed by atoms with van der Waals surface area (Å²) >= 11 is 5.62. The second-order valence-electron chi connectivity index (χ2n) is 8.33. The predicted octanol–water partition coefficient (Wildman–Crippen LogP) is 8.52. The molecule has 0 aliphatic carbocycles. The van der Waals surface area contributed by atoms with Crippen LogP contribution in [0.2, 0.25) is 0 Å². The van der Waals surface area contributed by atoms with E-state index in [4.69, 9.17) is 15.0 Å². The first-order valence-electron chi connectivity index (χ1n) is 12.2. The molecule has 5 heteroatoms. The third-order valence-electron chi connectivity index (χ3n) is 6.69. The standard InChI is InChI=1S/C28H38N3.HI.Ni/c1-9-19-17(7)29-25(21(19)11-3)15-27-23(13-5)24(14-6)28(31-27)16-26-22(12-4)20(10-2)18(8)30-26;;/h15-16H,9-14H2,1-8H3;1H;/q-1;;+1/p-1. The normalized spacial score (nSPS) is 18.4. The van der Waals surface area contributed by atoms with Gasteiger partial charge in [-0.15, -0.1) is 11.4 Å². The first-order valence-corrected chi connectivity index (χ1v) is 15.4. The van der Waals surface area contributed by atoms with Crippen molar-refractivity contribution < 1.29 is 12.3 Å². The Balaban J connectivity index is 0.00000187. The summed E-state index contributed by atoms with van der Waals surface area (Å²) in [5, 5.41) is 0. The van der Waals surface area contributed by atoms with Crippen molar-refractivity contribution in [2.75, 3.05) is 0 Å². The molecular formula is C28H38IN3Ni-. The zero-order valence-electron chi connectivity index (χ0n) is 21.4. The Bertz CT molecular complexity index is 979. The van der Waals surface area contributed by atoms with E-state index in [0.717, 1.165) is 72.7 Å². The van der Waals surface area contributed by atoms with E-state index in [1.807, 2.05) is 0 Å². The van der Waals surface area contributed by atoms with Gasteiger partial charge in [0.2, 0.25) is 0 Å². The van der Waals surface area contributed by atoms with Gasteiger partial charge in [0.15, 0.2) is 0 Å². The Morgan fingerprint density at radius 2 is 0.939 bits per heavy atom. The molecule has 3 heterocycles. The van der Waals surface area contributed by atoms with Crippen LogP contribution in [0.1, 0.15) is 104 Å². The molecule has 0 N–H and O–H groups in total. The molecular weight excluding hydrogens is 564 g/mol. The Labute approximate surface area is 220 Å². The number of hydrogen-bond acceptors (Lipinski definition) is 2. The van der Waals surface area contributed by atoms with Gasteiger partial charge in [0.05, 0.1) is 11.4 Å². The van der Waals surface area contributed by atoms with Gasteiger partial charge >= 0.3 is 32.8 Å². The molecule has 1 aromatic rings. The van der Waals surface area contributed by atoms with Crippen LogP contribution >= 0.6 is 20.5 Å². The maximum atomic E-state index is 5.13. The first kappa shape index (κ1) is 28.0. The third-order valence-corrected chi connectivity index (χ3v) is 6.69. The second kappa shape index (κ2) is 13.0. The molecule has 3 rings (SSSR count). The van der Waals surface area contributed by atoms with Crippen LogP contribution in [0.25, 0.3) is 12.2 Å². The SMILES string of the molecule is CCC1=C(CC)C(C)=NC1=Cc1[n-]c(C=C2N=C(C)C(CC)=C2CC)c(CC)c1CC.[Ni][I]. The maximum absolute atomic E-state index is 5.13. The fraction of sp³-hybridized carbons (Fsp3) is 0.500. The van der Waals surface area contributed by atoms with Crippen LogP contribution in [-0.4, -0.2) is 11.4 Å². The number of rotatable bonds is 8. The molecule has 0 amide bonds. The molecule has 3 nitrogen and oxygen atoms in total. The summed E-state index contributed by atoms with van der Waals surface area (Å²) in [6.07, 6.45) is 10.5. The molecule has 0 fully saturated rings. The molecule has 0 unspecified atom stereocenters. The van der Waals surface area contributed by atoms with Crippen molar-refractivity contribution in [3.8, 4) is 0 Å². The molecule has 0 saturated heterocycles. The number of nitrogens with zero attached hydrogens (tertiary/aromatic N) is 3. The van der Waals surface area contributed by atoms with E-state index in [-0.39, 0.29) is 0 Å². The van der Waals surface area contributed by atoms with Gasteiger partial charge in [0.1, 0.15) is 0 Å². The zero-order valence-corrected chi connectivity index (χ0v) is 24.6. The molecule has 1 aromatic heterocycles. The number of hydrogen-bond donors (Lipinski definition) is 0. The van der Waals surface area contributed by atoms with Gasteiger partial charge in [-0.3, -0.25) is 9.98 Å². The van der Waals surface area contributed by atoms with Gasteiger partial charge in [-0.05, 0) is 74.7 Å². The number of allylic oxidation sites excluding steroid dienone is 4. The third kappa shape index (κ3) is 5.73. The molecule has 2 aliphatic heterocycles. The number of aromatic nitrogens is 1. The number of aliphatic imine (C=N–C) groups is 2. The van der Waals surface area contributed by atoms with Gasteiger partial charge in [0, 0.05) is 11.4 Å². The van der Waals surface area contributed by atoms with Crippen molar-refractivity contribution >= 4 is 44.1 Å². The molecule has 33 heavy (non-hydrogen) atoms. The fourth-order valence-corrected chi connectivity index (χ4v) is 5.20. The van der Waals surface area contributed by atoms with E-state index >= 15 is 0 Å². The van der Waals surface area contributed by atoms with Crippen LogP contribution < -0.4 is 4.98 Å². The van der Waals surface area contributed by atoms with Crippen LogP contribution in [-0.2, 0) is 25.1 Å². The Morgan fingerprint density at radius 3 is 1.21 bits per heavy atom. The van der Waals surface area contributed by atoms with E-state index in [0.29, 0.717) is 0 Å². The van der Waals surface area contributed by atoms with Gasteiger partial charge in [-0.25, -0.2) is 0 Å². The van der Waals surface area contributed by atoms with Crippen LogP contribution in [0.3, 0.4) is 0 Å². The summed E-state index contributed by atoms with van der Waals surface area (Å²) in [4.78, 5) is 14.9. The zero-order chi connectivity index (χ0) is 24.7. The van der Waals surface area contributed by atoms with E-state index in [1.165, 1.54) is 33.4 Å². The van der Waals surface area contributed by atoms with Crippen LogP contribution in [0.15, 0.2) is 43.7 Å². The molecule has 0 aromatic carbocycles. The van der Waals surface area contributed by atoms with Crippen LogP contribution in [0.5, 0.6) is 0 Å². The van der Waals surface area contributed by atoms with E-state index in [9.17, 15) is 0 Å². The van der Waals surface area contributed by atoms with Crippen LogP contribution in [0.4, 0.5) is 0 Å². The minimum absolute atomic E-state index is 0.978. The van der Waals surface area contributed by atoms with E-state index in [1.54, 1.807) is 20.5 Å². The minimum atomic E-state index is 0.978. The molecule has 0 bridgehead atoms. The summed E-state index contributed by atoms with van der Waals surface area (Å²) in [7, 11) is 0. The van der Waals surface area contributed by atoms with Gasteiger partial charge in [0.25, 0.3) is 0 Å². The van der Waals surface area contributed by atoms with Crippen molar-refractivity contribution in [2.45, 2.75) is 93.9 Å².